The van der Waals surface area contributed by atoms with Gasteiger partial charge in [0.05, 0.1) is 36.0 Å². The van der Waals surface area contributed by atoms with Crippen molar-refractivity contribution in [1.82, 2.24) is 19.6 Å². The molecule has 0 fully saturated rings. The molecule has 14 nitrogen and oxygen atoms in total. The fourth-order valence-electron chi connectivity index (χ4n) is 10.4. The molecule has 0 spiro atoms. The van der Waals surface area contributed by atoms with Crippen LogP contribution >= 0.6 is 0 Å². The van der Waals surface area contributed by atoms with Gasteiger partial charge < -0.3 is 39.9 Å². The number of hydrogen-bond donors (Lipinski definition) is 4. The Morgan fingerprint density at radius 2 is 0.870 bits per heavy atom. The quantitative estimate of drug-likeness (QED) is 0.0418. The zero-order chi connectivity index (χ0) is 57.8. The van der Waals surface area contributed by atoms with Crippen molar-refractivity contribution in [3.8, 4) is 0 Å². The van der Waals surface area contributed by atoms with Gasteiger partial charge in [0.1, 0.15) is 12.1 Å². The van der Waals surface area contributed by atoms with Crippen LogP contribution in [0.15, 0.2) is 91.0 Å². The average molecular weight is 1070 g/mol. The van der Waals surface area contributed by atoms with Crippen LogP contribution in [-0.2, 0) is 48.1 Å². The van der Waals surface area contributed by atoms with Gasteiger partial charge >= 0.3 is 5.97 Å². The number of amides is 3. The van der Waals surface area contributed by atoms with E-state index in [-0.39, 0.29) is 55.3 Å². The normalized spacial score (nSPS) is 16.7. The smallest absolute Gasteiger partial charge is 0.344 e. The molecule has 7 unspecified atom stereocenters. The van der Waals surface area contributed by atoms with Crippen LogP contribution in [0.5, 0.6) is 0 Å². The highest BCUT2D eigenvalue weighted by molar-refractivity contribution is 6.10. The van der Waals surface area contributed by atoms with E-state index < -0.39 is 77.2 Å². The Morgan fingerprint density at radius 1 is 0.494 bits per heavy atom. The second-order valence-corrected chi connectivity index (χ2v) is 24.1. The summed E-state index contributed by atoms with van der Waals surface area (Å²) in [5, 5.41) is 43.1. The third-order valence-corrected chi connectivity index (χ3v) is 15.0. The number of ketones is 1. The molecule has 0 heterocycles. The molecular weight excluding hydrogens is 973 g/mol. The fourth-order valence-corrected chi connectivity index (χ4v) is 10.4. The Morgan fingerprint density at radius 3 is 1.27 bits per heavy atom. The van der Waals surface area contributed by atoms with E-state index in [1.807, 2.05) is 93.4 Å². The number of nitrogens with zero attached hydrogens (tertiary/aromatic N) is 4. The first kappa shape index (κ1) is 66.3. The lowest BCUT2D eigenvalue weighted by molar-refractivity contribution is -0.192. The molecule has 0 aliphatic heterocycles. The minimum Gasteiger partial charge on any atom is -0.479 e. The molecule has 3 rings (SSSR count). The SMILES string of the molecule is CC(C)C[C@@H](C(=O)N(C)[C@@H](CC(C)CCC(C)O)C(=O)N(C)[C@@H](CC(C)CCC(O)Cc1ccccc1)C(=O)N(C)[C@@H](CC(C)CCC(C)O)C(=O)C(Cc1ccccc1)(OC(C)(C)C)C(=O)O)N(C)Cc1ccccc1. The highest BCUT2D eigenvalue weighted by Gasteiger charge is 2.54. The predicted octanol–water partition coefficient (Wildman–Crippen LogP) is 9.25. The van der Waals surface area contributed by atoms with Crippen LogP contribution in [0, 0.1) is 23.7 Å². The number of benzene rings is 3. The van der Waals surface area contributed by atoms with E-state index in [0.29, 0.717) is 63.5 Å². The van der Waals surface area contributed by atoms with Crippen LogP contribution in [0.25, 0.3) is 0 Å². The number of Topliss-reactive ketones (excluding diaryl/α,β-unsaturated/α-hetero) is 1. The Kier molecular flexibility index (Phi) is 27.2. The van der Waals surface area contributed by atoms with Gasteiger partial charge in [-0.3, -0.25) is 24.1 Å². The molecule has 3 amide bonds. The molecular formula is C63H98N4O10. The number of aliphatic hydroxyl groups excluding tert-OH is 3. The summed E-state index contributed by atoms with van der Waals surface area (Å²) < 4.78 is 6.42. The topological polar surface area (TPSA) is 188 Å². The summed E-state index contributed by atoms with van der Waals surface area (Å²) >= 11 is 0. The molecule has 4 N–H and O–H groups in total. The molecule has 0 bridgehead atoms. The monoisotopic (exact) mass is 1070 g/mol. The van der Waals surface area contributed by atoms with Crippen molar-refractivity contribution in [2.45, 2.75) is 207 Å². The number of carbonyl (C=O) groups is 5. The van der Waals surface area contributed by atoms with E-state index in [4.69, 9.17) is 4.74 Å². The molecule has 3 aromatic rings. The molecule has 77 heavy (non-hydrogen) atoms. The second kappa shape index (κ2) is 31.6. The molecule has 3 aromatic carbocycles. The molecule has 0 saturated carbocycles. The van der Waals surface area contributed by atoms with Gasteiger partial charge in [-0.2, -0.15) is 0 Å². The first-order valence-electron chi connectivity index (χ1n) is 28.2. The third-order valence-electron chi connectivity index (χ3n) is 15.0. The van der Waals surface area contributed by atoms with Crippen LogP contribution < -0.4 is 0 Å². The fraction of sp³-hybridized carbons (Fsp3) is 0.635. The molecule has 430 valence electrons. The van der Waals surface area contributed by atoms with E-state index in [9.17, 15) is 25.2 Å². The van der Waals surface area contributed by atoms with Gasteiger partial charge in [0.25, 0.3) is 0 Å². The molecule has 0 radical (unpaired) electrons. The van der Waals surface area contributed by atoms with E-state index in [0.717, 1.165) is 11.1 Å². The standard InChI is InChI=1S/C63H98N4O10/c1-43(2)36-54(64(11)42-51-28-22-17-23-29-51)58(72)66(13)56(38-45(4)31-34-48(7)69)60(74)67(14)55(39-46(5)32-35-52(70)40-49-24-18-15-19-25-49)59(73)65(12)53(37-44(3)30-33-47(6)68)57(71)63(61(75)76,77-62(8,9)10)41-50-26-20-16-21-27-50/h15-29,43-48,52-56,68-70H,30-42H2,1-14H3,(H,75,76)/t44?,45?,46?,47?,48?,52?,53-,54-,55-,56-,63?/m0/s1. The molecule has 0 aliphatic carbocycles. The maximum Gasteiger partial charge on any atom is 0.344 e. The number of carboxylic acids is 1. The van der Waals surface area contributed by atoms with Crippen molar-refractivity contribution in [3.05, 3.63) is 108 Å². The van der Waals surface area contributed by atoms with E-state index in [2.05, 4.69) is 13.8 Å². The lowest BCUT2D eigenvalue weighted by Gasteiger charge is -2.42. The number of carboxylic acid groups (broad SMARTS) is 1. The number of aliphatic hydroxyl groups is 3. The van der Waals surface area contributed by atoms with Crippen molar-refractivity contribution in [1.29, 1.82) is 0 Å². The van der Waals surface area contributed by atoms with Crippen molar-refractivity contribution < 1.29 is 49.1 Å². The Labute approximate surface area is 462 Å². The zero-order valence-electron chi connectivity index (χ0n) is 49.2. The second-order valence-electron chi connectivity index (χ2n) is 24.1. The molecule has 14 heteroatoms. The summed E-state index contributed by atoms with van der Waals surface area (Å²) in [5.41, 5.74) is -1.01. The number of likely N-dealkylation sites (N-methyl/N-ethyl adjacent to an activating group) is 4. The van der Waals surface area contributed by atoms with Crippen molar-refractivity contribution in [2.24, 2.45) is 23.7 Å². The maximum atomic E-state index is 15.8. The van der Waals surface area contributed by atoms with E-state index in [1.54, 1.807) is 79.0 Å². The van der Waals surface area contributed by atoms with Gasteiger partial charge in [0.15, 0.2) is 5.78 Å². The summed E-state index contributed by atoms with van der Waals surface area (Å²) in [6.07, 6.45) is 1.96. The van der Waals surface area contributed by atoms with E-state index in [1.165, 1.54) is 21.7 Å². The Hall–Kier alpha value is -4.99. The van der Waals surface area contributed by atoms with Crippen LogP contribution in [0.2, 0.25) is 0 Å². The van der Waals surface area contributed by atoms with Crippen LogP contribution in [0.3, 0.4) is 0 Å². The molecule has 0 aliphatic rings. The molecule has 0 aromatic heterocycles. The van der Waals surface area contributed by atoms with Gasteiger partial charge in [0.2, 0.25) is 23.3 Å². The lowest BCUT2D eigenvalue weighted by Crippen LogP contribution is -2.63. The van der Waals surface area contributed by atoms with Crippen LogP contribution in [0.4, 0.5) is 0 Å². The highest BCUT2D eigenvalue weighted by atomic mass is 16.6. The summed E-state index contributed by atoms with van der Waals surface area (Å²) in [4.78, 5) is 82.4. The average Bonchev–Trinajstić information content (AvgIpc) is 3.37. The summed E-state index contributed by atoms with van der Waals surface area (Å²) in [6.45, 7) is 18.9. The third kappa shape index (κ3) is 21.6. The van der Waals surface area contributed by atoms with Crippen LogP contribution in [0.1, 0.15) is 150 Å². The first-order chi connectivity index (χ1) is 36.1. The summed E-state index contributed by atoms with van der Waals surface area (Å²) in [6, 6.07) is 24.1. The van der Waals surface area contributed by atoms with Gasteiger partial charge in [-0.15, -0.1) is 0 Å². The number of carbonyl (C=O) groups excluding carboxylic acids is 4. The lowest BCUT2D eigenvalue weighted by atomic mass is 9.81. The number of aliphatic carboxylic acids is 1. The van der Waals surface area contributed by atoms with Crippen molar-refractivity contribution in [2.75, 3.05) is 28.2 Å². The first-order valence-corrected chi connectivity index (χ1v) is 28.2. The van der Waals surface area contributed by atoms with Crippen molar-refractivity contribution in [3.63, 3.8) is 0 Å². The van der Waals surface area contributed by atoms with Crippen molar-refractivity contribution >= 4 is 29.5 Å². The van der Waals surface area contributed by atoms with E-state index >= 15 is 19.2 Å². The van der Waals surface area contributed by atoms with Gasteiger partial charge in [0, 0.05) is 34.1 Å². The minimum absolute atomic E-state index is 0.0329. The molecule has 0 saturated heterocycles. The number of rotatable bonds is 34. The number of hydrogen-bond acceptors (Lipinski definition) is 10. The van der Waals surface area contributed by atoms with Crippen LogP contribution in [-0.4, -0.2) is 151 Å². The summed E-state index contributed by atoms with van der Waals surface area (Å²) in [7, 11) is 6.62. The maximum absolute atomic E-state index is 15.8. The van der Waals surface area contributed by atoms with Gasteiger partial charge in [-0.05, 0) is 153 Å². The Bertz CT molecular complexity index is 2240. The van der Waals surface area contributed by atoms with Gasteiger partial charge in [-0.25, -0.2) is 4.79 Å². The minimum atomic E-state index is -2.45. The molecule has 11 atom stereocenters. The largest absolute Gasteiger partial charge is 0.479 e. The predicted molar refractivity (Wildman–Crippen MR) is 306 cm³/mol. The highest BCUT2D eigenvalue weighted by Crippen LogP contribution is 2.33. The summed E-state index contributed by atoms with van der Waals surface area (Å²) in [5.74, 6) is -4.15. The van der Waals surface area contributed by atoms with Gasteiger partial charge in [-0.1, -0.05) is 126 Å². The number of ether oxygens (including phenoxy) is 1. The zero-order valence-corrected chi connectivity index (χ0v) is 49.2. The Balaban J connectivity index is 2.25.